The van der Waals surface area contributed by atoms with E-state index in [4.69, 9.17) is 23.2 Å². The van der Waals surface area contributed by atoms with Gasteiger partial charge in [0.15, 0.2) is 0 Å². The van der Waals surface area contributed by atoms with Crippen molar-refractivity contribution in [2.24, 2.45) is 0 Å². The molecule has 1 amide bonds. The fourth-order valence-corrected chi connectivity index (χ4v) is 4.59. The van der Waals surface area contributed by atoms with Gasteiger partial charge in [-0.25, -0.2) is 22.8 Å². The van der Waals surface area contributed by atoms with E-state index < -0.39 is 10.0 Å². The number of carbonyl (C=O) groups excluding carboxylic acids is 1. The summed E-state index contributed by atoms with van der Waals surface area (Å²) in [6.07, 6.45) is 3.00. The number of nitrogens with zero attached hydrogens (tertiary/aromatic N) is 4. The Morgan fingerprint density at radius 2 is 2.00 bits per heavy atom. The number of hydrogen-bond donors (Lipinski definition) is 1. The van der Waals surface area contributed by atoms with Gasteiger partial charge in [-0.05, 0) is 25.0 Å². The lowest BCUT2D eigenvalue weighted by molar-refractivity contribution is 0.0690. The number of carbonyl (C=O) groups is 1. The van der Waals surface area contributed by atoms with Gasteiger partial charge in [-0.1, -0.05) is 36.2 Å². The molecular weight excluding hydrogens is 425 g/mol. The van der Waals surface area contributed by atoms with Gasteiger partial charge in [0.05, 0.1) is 16.3 Å². The van der Waals surface area contributed by atoms with E-state index in [2.05, 4.69) is 14.8 Å². The second-order valence-electron chi connectivity index (χ2n) is 6.67. The van der Waals surface area contributed by atoms with Crippen LogP contribution in [0.15, 0.2) is 18.2 Å². The molecule has 2 aromatic rings. The van der Waals surface area contributed by atoms with Crippen molar-refractivity contribution in [2.45, 2.75) is 32.2 Å². The molecular formula is C17H21Cl2N5O3S. The third kappa shape index (κ3) is 4.65. The lowest BCUT2D eigenvalue weighted by atomic mass is 10.1. The van der Waals surface area contributed by atoms with E-state index in [9.17, 15) is 13.2 Å². The standard InChI is InChI=1S/C17H21Cl2N5O3S/c1-3-14-20-16(21-24(14)15-12(18)7-4-8-13(15)19)17(25)23-9-5-6-11(10-23)22-28(2,26)27/h4,7-8,11,22H,3,5-6,9-10H2,1-2H3. The van der Waals surface area contributed by atoms with Crippen LogP contribution in [0, 0.1) is 0 Å². The van der Waals surface area contributed by atoms with Gasteiger partial charge in [0.25, 0.3) is 5.91 Å². The van der Waals surface area contributed by atoms with Crippen LogP contribution in [-0.4, -0.2) is 59.4 Å². The van der Waals surface area contributed by atoms with Crippen LogP contribution in [0.1, 0.15) is 36.2 Å². The number of aryl methyl sites for hydroxylation is 1. The molecule has 1 aliphatic rings. The first kappa shape index (κ1) is 21.0. The summed E-state index contributed by atoms with van der Waals surface area (Å²) in [5.41, 5.74) is 0.476. The Morgan fingerprint density at radius 1 is 1.32 bits per heavy atom. The number of sulfonamides is 1. The number of rotatable bonds is 5. The molecule has 0 aliphatic carbocycles. The number of hydrogen-bond acceptors (Lipinski definition) is 5. The quantitative estimate of drug-likeness (QED) is 0.760. The van der Waals surface area contributed by atoms with Gasteiger partial charge in [-0.2, -0.15) is 0 Å². The zero-order chi connectivity index (χ0) is 20.5. The maximum absolute atomic E-state index is 12.9. The molecule has 2 heterocycles. The predicted octanol–water partition coefficient (Wildman–Crippen LogP) is 2.29. The third-order valence-corrected chi connectivity index (χ3v) is 5.79. The molecule has 28 heavy (non-hydrogen) atoms. The summed E-state index contributed by atoms with van der Waals surface area (Å²) in [6, 6.07) is 4.79. The number of halogens is 2. The number of likely N-dealkylation sites (tertiary alicyclic amines) is 1. The van der Waals surface area contributed by atoms with Gasteiger partial charge in [0.1, 0.15) is 11.5 Å². The van der Waals surface area contributed by atoms with E-state index in [0.717, 1.165) is 6.26 Å². The molecule has 1 aliphatic heterocycles. The summed E-state index contributed by atoms with van der Waals surface area (Å²) in [4.78, 5) is 18.9. The maximum Gasteiger partial charge on any atom is 0.293 e. The SMILES string of the molecule is CCc1nc(C(=O)N2CCCC(NS(C)(=O)=O)C2)nn1-c1c(Cl)cccc1Cl. The van der Waals surface area contributed by atoms with Crippen molar-refractivity contribution in [3.63, 3.8) is 0 Å². The van der Waals surface area contributed by atoms with Crippen molar-refractivity contribution >= 4 is 39.1 Å². The molecule has 1 aromatic carbocycles. The monoisotopic (exact) mass is 445 g/mol. The minimum Gasteiger partial charge on any atom is -0.334 e. The fourth-order valence-electron chi connectivity index (χ4n) is 3.24. The van der Waals surface area contributed by atoms with E-state index in [-0.39, 0.29) is 24.3 Å². The van der Waals surface area contributed by atoms with Crippen molar-refractivity contribution in [1.82, 2.24) is 24.4 Å². The van der Waals surface area contributed by atoms with Crippen LogP contribution in [-0.2, 0) is 16.4 Å². The van der Waals surface area contributed by atoms with E-state index in [0.29, 0.717) is 47.4 Å². The average molecular weight is 446 g/mol. The third-order valence-electron chi connectivity index (χ3n) is 4.42. The minimum absolute atomic E-state index is 0.0350. The van der Waals surface area contributed by atoms with Gasteiger partial charge in [0, 0.05) is 25.6 Å². The molecule has 0 spiro atoms. The van der Waals surface area contributed by atoms with Gasteiger partial charge in [-0.15, -0.1) is 5.10 Å². The molecule has 1 unspecified atom stereocenters. The van der Waals surface area contributed by atoms with Gasteiger partial charge in [-0.3, -0.25) is 4.79 Å². The highest BCUT2D eigenvalue weighted by Crippen LogP contribution is 2.29. The number of benzene rings is 1. The zero-order valence-corrected chi connectivity index (χ0v) is 17.9. The van der Waals surface area contributed by atoms with Crippen molar-refractivity contribution in [3.8, 4) is 5.69 Å². The topological polar surface area (TPSA) is 97.2 Å². The molecule has 8 nitrogen and oxygen atoms in total. The Morgan fingerprint density at radius 3 is 2.61 bits per heavy atom. The van der Waals surface area contributed by atoms with Crippen molar-refractivity contribution < 1.29 is 13.2 Å². The van der Waals surface area contributed by atoms with Crippen molar-refractivity contribution in [1.29, 1.82) is 0 Å². The van der Waals surface area contributed by atoms with E-state index in [1.807, 2.05) is 6.92 Å². The van der Waals surface area contributed by atoms with Crippen LogP contribution in [0.3, 0.4) is 0 Å². The molecule has 1 atom stereocenters. The largest absolute Gasteiger partial charge is 0.334 e. The number of aromatic nitrogens is 3. The second kappa shape index (κ2) is 8.36. The predicted molar refractivity (Wildman–Crippen MR) is 108 cm³/mol. The maximum atomic E-state index is 12.9. The number of nitrogens with one attached hydrogen (secondary N) is 1. The highest BCUT2D eigenvalue weighted by Gasteiger charge is 2.29. The first-order valence-electron chi connectivity index (χ1n) is 8.86. The summed E-state index contributed by atoms with van der Waals surface area (Å²) >= 11 is 12.6. The Bertz CT molecular complexity index is 972. The summed E-state index contributed by atoms with van der Waals surface area (Å²) < 4.78 is 27.0. The van der Waals surface area contributed by atoms with Crippen LogP contribution < -0.4 is 4.72 Å². The average Bonchev–Trinajstić information content (AvgIpc) is 3.03. The number of piperidine rings is 1. The second-order valence-corrected chi connectivity index (χ2v) is 9.26. The Balaban J connectivity index is 1.88. The molecule has 0 radical (unpaired) electrons. The Kier molecular flexibility index (Phi) is 6.28. The van der Waals surface area contributed by atoms with Gasteiger partial charge in [0.2, 0.25) is 15.8 Å². The van der Waals surface area contributed by atoms with E-state index in [1.165, 1.54) is 4.68 Å². The Labute approximate surface area is 173 Å². The zero-order valence-electron chi connectivity index (χ0n) is 15.5. The summed E-state index contributed by atoms with van der Waals surface area (Å²) in [6.45, 7) is 2.69. The van der Waals surface area contributed by atoms with Crippen LogP contribution in [0.5, 0.6) is 0 Å². The lowest BCUT2D eigenvalue weighted by Crippen LogP contribution is -2.49. The van der Waals surface area contributed by atoms with Crippen LogP contribution in [0.4, 0.5) is 0 Å². The van der Waals surface area contributed by atoms with Crippen LogP contribution in [0.2, 0.25) is 10.0 Å². The van der Waals surface area contributed by atoms with Gasteiger partial charge < -0.3 is 4.90 Å². The minimum atomic E-state index is -3.34. The molecule has 1 N–H and O–H groups in total. The van der Waals surface area contributed by atoms with Crippen molar-refractivity contribution in [2.75, 3.05) is 19.3 Å². The molecule has 0 saturated carbocycles. The molecule has 0 bridgehead atoms. The lowest BCUT2D eigenvalue weighted by Gasteiger charge is -2.32. The number of amides is 1. The first-order chi connectivity index (χ1) is 13.2. The highest BCUT2D eigenvalue weighted by atomic mass is 35.5. The molecule has 11 heteroatoms. The van der Waals surface area contributed by atoms with Crippen molar-refractivity contribution in [3.05, 3.63) is 39.9 Å². The smallest absolute Gasteiger partial charge is 0.293 e. The summed E-state index contributed by atoms with van der Waals surface area (Å²) in [5, 5.41) is 5.16. The van der Waals surface area contributed by atoms with Crippen LogP contribution >= 0.6 is 23.2 Å². The molecule has 1 saturated heterocycles. The van der Waals surface area contributed by atoms with Gasteiger partial charge >= 0.3 is 0 Å². The van der Waals surface area contributed by atoms with E-state index >= 15 is 0 Å². The molecule has 1 fully saturated rings. The molecule has 1 aromatic heterocycles. The summed E-state index contributed by atoms with van der Waals surface area (Å²) in [5.74, 6) is 0.241. The van der Waals surface area contributed by atoms with Crippen LogP contribution in [0.25, 0.3) is 5.69 Å². The normalized spacial score (nSPS) is 17.7. The summed E-state index contributed by atoms with van der Waals surface area (Å²) in [7, 11) is -3.34. The molecule has 152 valence electrons. The molecule has 3 rings (SSSR count). The van der Waals surface area contributed by atoms with E-state index in [1.54, 1.807) is 23.1 Å². The first-order valence-corrected chi connectivity index (χ1v) is 11.5. The Hall–Kier alpha value is -1.68. The fraction of sp³-hybridized carbons (Fsp3) is 0.471. The number of para-hydroxylation sites is 1. The highest BCUT2D eigenvalue weighted by molar-refractivity contribution is 7.88.